The molecule has 0 radical (unpaired) electrons. The monoisotopic (exact) mass is 463 g/mol. The van der Waals surface area contributed by atoms with Crippen LogP contribution in [0.5, 0.6) is 17.2 Å². The number of benzene rings is 1. The topological polar surface area (TPSA) is 99.4 Å². The number of aliphatic imine (C=N–C) groups is 1. The van der Waals surface area contributed by atoms with E-state index in [1.54, 1.807) is 0 Å². The van der Waals surface area contributed by atoms with E-state index in [1.807, 2.05) is 6.92 Å². The summed E-state index contributed by atoms with van der Waals surface area (Å²) in [6.45, 7) is 4.70. The van der Waals surface area contributed by atoms with Crippen molar-refractivity contribution in [3.8, 4) is 17.2 Å². The predicted octanol–water partition coefficient (Wildman–Crippen LogP) is 7.48. The average molecular weight is 464 g/mol. The molecule has 33 heavy (non-hydrogen) atoms. The summed E-state index contributed by atoms with van der Waals surface area (Å²) in [6.07, 6.45) is 17.8. The molecule has 3 N–H and O–H groups in total. The number of unbranched alkanes of at least 4 members (excludes halogenated alkanes) is 11. The second kappa shape index (κ2) is 18.2. The molecule has 0 aliphatic heterocycles. The third kappa shape index (κ3) is 12.5. The third-order valence-electron chi connectivity index (χ3n) is 5.83. The molecule has 6 heteroatoms. The molecule has 1 rings (SSSR count). The summed E-state index contributed by atoms with van der Waals surface area (Å²) in [5.74, 6) is -0.959. The van der Waals surface area contributed by atoms with Crippen molar-refractivity contribution < 1.29 is 24.9 Å². The maximum Gasteiger partial charge on any atom is 0.306 e. The van der Waals surface area contributed by atoms with Crippen molar-refractivity contribution >= 4 is 17.9 Å². The average Bonchev–Trinajstić information content (AvgIpc) is 2.80. The standard InChI is InChI=1S/C27H45NO5/c1-3-5-7-8-9-10-11-12-13-14-15-17-22-26(31)23(21-24(29)27(22)32)28-19-16-18-25(30)33-20-6-4-2/h19,21,29,31-32H,3-18,20H2,1-2H3. The van der Waals surface area contributed by atoms with E-state index >= 15 is 0 Å². The molecule has 0 atom stereocenters. The zero-order chi connectivity index (χ0) is 24.3. The van der Waals surface area contributed by atoms with Gasteiger partial charge in [-0.05, 0) is 25.7 Å². The summed E-state index contributed by atoms with van der Waals surface area (Å²) in [6, 6.07) is 1.24. The number of esters is 1. The first-order valence-electron chi connectivity index (χ1n) is 13.0. The Bertz CT molecular complexity index is 702. The Labute approximate surface area is 200 Å². The maximum absolute atomic E-state index is 11.6. The van der Waals surface area contributed by atoms with E-state index in [0.29, 0.717) is 25.0 Å². The van der Waals surface area contributed by atoms with Crippen molar-refractivity contribution in [3.63, 3.8) is 0 Å². The lowest BCUT2D eigenvalue weighted by atomic mass is 10.0. The van der Waals surface area contributed by atoms with Crippen LogP contribution in [0.25, 0.3) is 0 Å². The lowest BCUT2D eigenvalue weighted by Gasteiger charge is -2.11. The molecule has 0 unspecified atom stereocenters. The van der Waals surface area contributed by atoms with Gasteiger partial charge in [0.25, 0.3) is 0 Å². The van der Waals surface area contributed by atoms with Crippen molar-refractivity contribution in [1.82, 2.24) is 0 Å². The van der Waals surface area contributed by atoms with Crippen molar-refractivity contribution in [1.29, 1.82) is 0 Å². The zero-order valence-corrected chi connectivity index (χ0v) is 20.8. The third-order valence-corrected chi connectivity index (χ3v) is 5.83. The number of aromatic hydroxyl groups is 3. The molecule has 0 aromatic heterocycles. The molecule has 0 aliphatic rings. The molecule has 188 valence electrons. The van der Waals surface area contributed by atoms with Gasteiger partial charge in [0.15, 0.2) is 11.5 Å². The normalized spacial score (nSPS) is 11.3. The molecular formula is C27H45NO5. The highest BCUT2D eigenvalue weighted by atomic mass is 16.5. The highest BCUT2D eigenvalue weighted by Gasteiger charge is 2.16. The van der Waals surface area contributed by atoms with Crippen LogP contribution in [0, 0.1) is 0 Å². The van der Waals surface area contributed by atoms with Gasteiger partial charge in [0.1, 0.15) is 11.4 Å². The van der Waals surface area contributed by atoms with Gasteiger partial charge < -0.3 is 20.1 Å². The van der Waals surface area contributed by atoms with E-state index in [4.69, 9.17) is 4.74 Å². The first-order valence-corrected chi connectivity index (χ1v) is 13.0. The van der Waals surface area contributed by atoms with Gasteiger partial charge >= 0.3 is 5.97 Å². The fraction of sp³-hybridized carbons (Fsp3) is 0.704. The van der Waals surface area contributed by atoms with Gasteiger partial charge in [0, 0.05) is 17.8 Å². The number of ether oxygens (including phenoxy) is 1. The number of carbonyl (C=O) groups excluding carboxylic acids is 1. The van der Waals surface area contributed by atoms with Crippen LogP contribution in [0.2, 0.25) is 0 Å². The molecule has 1 aromatic carbocycles. The van der Waals surface area contributed by atoms with Gasteiger partial charge in [-0.15, -0.1) is 0 Å². The molecule has 6 nitrogen and oxygen atoms in total. The van der Waals surface area contributed by atoms with E-state index in [0.717, 1.165) is 32.1 Å². The number of hydrogen-bond donors (Lipinski definition) is 3. The molecular weight excluding hydrogens is 418 g/mol. The van der Waals surface area contributed by atoms with Gasteiger partial charge in [-0.25, -0.2) is 0 Å². The number of hydrogen-bond acceptors (Lipinski definition) is 6. The predicted molar refractivity (Wildman–Crippen MR) is 135 cm³/mol. The van der Waals surface area contributed by atoms with E-state index in [-0.39, 0.29) is 35.3 Å². The summed E-state index contributed by atoms with van der Waals surface area (Å²) in [4.78, 5) is 15.8. The van der Waals surface area contributed by atoms with Crippen LogP contribution < -0.4 is 0 Å². The molecule has 0 saturated heterocycles. The second-order valence-electron chi connectivity index (χ2n) is 8.80. The van der Waals surface area contributed by atoms with E-state index in [9.17, 15) is 20.1 Å². The molecule has 0 spiro atoms. The smallest absolute Gasteiger partial charge is 0.306 e. The van der Waals surface area contributed by atoms with Crippen LogP contribution in [0.15, 0.2) is 11.1 Å². The van der Waals surface area contributed by atoms with Gasteiger partial charge in [-0.1, -0.05) is 84.5 Å². The van der Waals surface area contributed by atoms with Crippen LogP contribution in [0.1, 0.15) is 116 Å². The Balaban J connectivity index is 2.39. The minimum absolute atomic E-state index is 0.112. The summed E-state index contributed by atoms with van der Waals surface area (Å²) in [5.41, 5.74) is 0.528. The summed E-state index contributed by atoms with van der Waals surface area (Å²) >= 11 is 0. The number of rotatable bonds is 19. The number of phenols is 3. The molecule has 0 amide bonds. The van der Waals surface area contributed by atoms with Crippen LogP contribution in [0.4, 0.5) is 5.69 Å². The van der Waals surface area contributed by atoms with Gasteiger partial charge in [0.05, 0.1) is 13.0 Å². The minimum atomic E-state index is -0.294. The fourth-order valence-electron chi connectivity index (χ4n) is 3.74. The maximum atomic E-state index is 11.6. The first-order chi connectivity index (χ1) is 16.0. The van der Waals surface area contributed by atoms with Crippen LogP contribution in [-0.2, 0) is 16.0 Å². The Morgan fingerprint density at radius 1 is 0.848 bits per heavy atom. The molecule has 0 aliphatic carbocycles. The van der Waals surface area contributed by atoms with E-state index < -0.39 is 0 Å². The summed E-state index contributed by atoms with van der Waals surface area (Å²) < 4.78 is 5.09. The number of phenolic OH excluding ortho intramolecular Hbond substituents is 3. The van der Waals surface area contributed by atoms with E-state index in [1.165, 1.54) is 63.6 Å². The highest BCUT2D eigenvalue weighted by Crippen LogP contribution is 2.43. The van der Waals surface area contributed by atoms with Crippen molar-refractivity contribution in [2.24, 2.45) is 4.99 Å². The molecule has 0 saturated carbocycles. The van der Waals surface area contributed by atoms with Crippen molar-refractivity contribution in [3.05, 3.63) is 11.6 Å². The molecule has 0 heterocycles. The Kier molecular flexibility index (Phi) is 15.9. The summed E-state index contributed by atoms with van der Waals surface area (Å²) in [7, 11) is 0. The Morgan fingerprint density at radius 2 is 1.42 bits per heavy atom. The SMILES string of the molecule is CCCCCCCCCCCCCc1c(O)c(O)cc(N=CCCC(=O)OCCCC)c1O. The van der Waals surface area contributed by atoms with Crippen molar-refractivity contribution in [2.45, 2.75) is 117 Å². The summed E-state index contributed by atoms with van der Waals surface area (Å²) in [5, 5.41) is 30.8. The lowest BCUT2D eigenvalue weighted by molar-refractivity contribution is -0.143. The second-order valence-corrected chi connectivity index (χ2v) is 8.80. The Hall–Kier alpha value is -2.24. The lowest BCUT2D eigenvalue weighted by Crippen LogP contribution is -2.05. The van der Waals surface area contributed by atoms with Gasteiger partial charge in [-0.2, -0.15) is 0 Å². The molecule has 1 aromatic rings. The van der Waals surface area contributed by atoms with Gasteiger partial charge in [0.2, 0.25) is 0 Å². The first kappa shape index (κ1) is 28.8. The van der Waals surface area contributed by atoms with Crippen LogP contribution >= 0.6 is 0 Å². The van der Waals surface area contributed by atoms with Crippen LogP contribution in [-0.4, -0.2) is 34.1 Å². The molecule has 0 fully saturated rings. The zero-order valence-electron chi connectivity index (χ0n) is 20.8. The fourth-order valence-corrected chi connectivity index (χ4v) is 3.74. The van der Waals surface area contributed by atoms with E-state index in [2.05, 4.69) is 11.9 Å². The largest absolute Gasteiger partial charge is 0.505 e. The number of nitrogens with zero attached hydrogens (tertiary/aromatic N) is 1. The van der Waals surface area contributed by atoms with Crippen molar-refractivity contribution in [2.75, 3.05) is 6.61 Å². The quantitative estimate of drug-likeness (QED) is 0.0649. The molecule has 0 bridgehead atoms. The van der Waals surface area contributed by atoms with Gasteiger partial charge in [-0.3, -0.25) is 9.79 Å². The highest BCUT2D eigenvalue weighted by molar-refractivity contribution is 5.76. The Morgan fingerprint density at radius 3 is 2.03 bits per heavy atom. The number of carbonyl (C=O) groups is 1. The van der Waals surface area contributed by atoms with Crippen LogP contribution in [0.3, 0.4) is 0 Å². The minimum Gasteiger partial charge on any atom is -0.505 e.